The van der Waals surface area contributed by atoms with Gasteiger partial charge in [-0.2, -0.15) is 5.10 Å². The SMILES string of the molecule is CCc1cc(O)c(F)cc1-c1ccc2c(-c3nc4c([nH]3)CN(C(C)C)C(C(=O)O)C4)n[nH]c2c1. The van der Waals surface area contributed by atoms with Gasteiger partial charge >= 0.3 is 5.97 Å². The Bertz CT molecular complexity index is 1410. The van der Waals surface area contributed by atoms with Crippen molar-refractivity contribution in [2.24, 2.45) is 0 Å². The third kappa shape index (κ3) is 3.62. The summed E-state index contributed by atoms with van der Waals surface area (Å²) < 4.78 is 14.1. The molecule has 1 unspecified atom stereocenters. The summed E-state index contributed by atoms with van der Waals surface area (Å²) in [5.41, 5.74) is 5.45. The van der Waals surface area contributed by atoms with Crippen molar-refractivity contribution in [2.75, 3.05) is 0 Å². The maximum atomic E-state index is 14.1. The van der Waals surface area contributed by atoms with Crippen LogP contribution in [0.3, 0.4) is 0 Å². The summed E-state index contributed by atoms with van der Waals surface area (Å²) in [4.78, 5) is 21.8. The number of hydrogen-bond acceptors (Lipinski definition) is 5. The van der Waals surface area contributed by atoms with Gasteiger partial charge in [0, 0.05) is 24.4 Å². The summed E-state index contributed by atoms with van der Waals surface area (Å²) >= 11 is 0. The van der Waals surface area contributed by atoms with Crippen LogP contribution in [0.1, 0.15) is 37.7 Å². The lowest BCUT2D eigenvalue weighted by Crippen LogP contribution is -2.48. The minimum Gasteiger partial charge on any atom is -0.505 e. The van der Waals surface area contributed by atoms with E-state index in [1.54, 1.807) is 0 Å². The van der Waals surface area contributed by atoms with Gasteiger partial charge in [-0.3, -0.25) is 14.8 Å². The van der Waals surface area contributed by atoms with Crippen molar-refractivity contribution in [1.82, 2.24) is 25.1 Å². The Morgan fingerprint density at radius 3 is 2.79 bits per heavy atom. The van der Waals surface area contributed by atoms with E-state index in [1.165, 1.54) is 12.1 Å². The van der Waals surface area contributed by atoms with Crippen molar-refractivity contribution in [1.29, 1.82) is 0 Å². The van der Waals surface area contributed by atoms with Crippen molar-refractivity contribution in [3.05, 3.63) is 53.1 Å². The third-order valence-electron chi connectivity index (χ3n) is 6.59. The van der Waals surface area contributed by atoms with E-state index >= 15 is 0 Å². The molecular formula is C25H26FN5O3. The summed E-state index contributed by atoms with van der Waals surface area (Å²) in [7, 11) is 0. The quantitative estimate of drug-likeness (QED) is 0.352. The van der Waals surface area contributed by atoms with Gasteiger partial charge in [0.15, 0.2) is 17.4 Å². The number of aromatic amines is 2. The molecule has 1 aliphatic rings. The first-order chi connectivity index (χ1) is 16.3. The van der Waals surface area contributed by atoms with E-state index in [9.17, 15) is 19.4 Å². The van der Waals surface area contributed by atoms with Crippen molar-refractivity contribution >= 4 is 16.9 Å². The molecule has 9 heteroatoms. The molecule has 0 saturated heterocycles. The lowest BCUT2D eigenvalue weighted by atomic mass is 9.96. The summed E-state index contributed by atoms with van der Waals surface area (Å²) in [6.07, 6.45) is 0.982. The third-order valence-corrected chi connectivity index (χ3v) is 6.59. The summed E-state index contributed by atoms with van der Waals surface area (Å²) in [6.45, 7) is 6.41. The molecule has 0 fully saturated rings. The lowest BCUT2D eigenvalue weighted by Gasteiger charge is -2.35. The number of fused-ring (bicyclic) bond motifs is 2. The number of rotatable bonds is 5. The number of hydrogen-bond donors (Lipinski definition) is 4. The molecule has 4 N–H and O–H groups in total. The Hall–Kier alpha value is -3.72. The van der Waals surface area contributed by atoms with Crippen molar-refractivity contribution in [3.8, 4) is 28.4 Å². The van der Waals surface area contributed by atoms with Crippen LogP contribution in [0.15, 0.2) is 30.3 Å². The monoisotopic (exact) mass is 463 g/mol. The minimum absolute atomic E-state index is 0.0865. The highest BCUT2D eigenvalue weighted by Gasteiger charge is 2.35. The number of benzene rings is 2. The number of H-pyrrole nitrogens is 2. The Morgan fingerprint density at radius 2 is 2.09 bits per heavy atom. The van der Waals surface area contributed by atoms with Crippen LogP contribution in [0.25, 0.3) is 33.5 Å². The second-order valence-corrected chi connectivity index (χ2v) is 8.98. The molecule has 2 aromatic heterocycles. The number of imidazole rings is 1. The van der Waals surface area contributed by atoms with Gasteiger partial charge in [-0.1, -0.05) is 13.0 Å². The Labute approximate surface area is 195 Å². The predicted molar refractivity (Wildman–Crippen MR) is 126 cm³/mol. The molecule has 0 saturated carbocycles. The van der Waals surface area contributed by atoms with Crippen LogP contribution in [0.5, 0.6) is 5.75 Å². The molecule has 8 nitrogen and oxygen atoms in total. The Balaban J connectivity index is 1.52. The molecule has 176 valence electrons. The minimum atomic E-state index is -0.848. The molecule has 0 bridgehead atoms. The highest BCUT2D eigenvalue weighted by molar-refractivity contribution is 5.94. The fraction of sp³-hybridized carbons (Fsp3) is 0.320. The number of aromatic nitrogens is 4. The number of aromatic hydroxyl groups is 1. The molecule has 1 aliphatic heterocycles. The van der Waals surface area contributed by atoms with E-state index in [0.717, 1.165) is 39.0 Å². The van der Waals surface area contributed by atoms with Crippen molar-refractivity contribution < 1.29 is 19.4 Å². The van der Waals surface area contributed by atoms with Gasteiger partial charge in [0.05, 0.1) is 16.9 Å². The molecule has 2 aromatic carbocycles. The summed E-state index contributed by atoms with van der Waals surface area (Å²) in [5, 5.41) is 27.8. The summed E-state index contributed by atoms with van der Waals surface area (Å²) in [6, 6.07) is 8.01. The van der Waals surface area contributed by atoms with Crippen LogP contribution in [0.2, 0.25) is 0 Å². The van der Waals surface area contributed by atoms with Gasteiger partial charge in [0.1, 0.15) is 11.7 Å². The maximum absolute atomic E-state index is 14.1. The molecule has 0 aliphatic carbocycles. The van der Waals surface area contributed by atoms with Gasteiger partial charge in [0.2, 0.25) is 0 Å². The number of phenols is 1. The second-order valence-electron chi connectivity index (χ2n) is 8.98. The first-order valence-electron chi connectivity index (χ1n) is 11.3. The molecule has 0 spiro atoms. The van der Waals surface area contributed by atoms with Gasteiger partial charge in [-0.15, -0.1) is 0 Å². The molecule has 1 atom stereocenters. The first-order valence-corrected chi connectivity index (χ1v) is 11.3. The normalized spacial score (nSPS) is 16.3. The zero-order valence-electron chi connectivity index (χ0n) is 19.2. The van der Waals surface area contributed by atoms with Crippen LogP contribution in [-0.4, -0.2) is 53.3 Å². The predicted octanol–water partition coefficient (Wildman–Crippen LogP) is 4.25. The molecule has 34 heavy (non-hydrogen) atoms. The van der Waals surface area contributed by atoms with Gasteiger partial charge in [-0.25, -0.2) is 9.37 Å². The number of phenolic OH excluding ortho intramolecular Hbond substituents is 1. The van der Waals surface area contributed by atoms with Crippen LogP contribution in [-0.2, 0) is 24.2 Å². The van der Waals surface area contributed by atoms with E-state index < -0.39 is 17.8 Å². The smallest absolute Gasteiger partial charge is 0.321 e. The number of carbonyl (C=O) groups is 1. The fourth-order valence-electron chi connectivity index (χ4n) is 4.76. The van der Waals surface area contributed by atoms with Crippen molar-refractivity contribution in [3.63, 3.8) is 0 Å². The molecular weight excluding hydrogens is 437 g/mol. The number of carboxylic acids is 1. The molecule has 3 heterocycles. The zero-order valence-corrected chi connectivity index (χ0v) is 19.2. The van der Waals surface area contributed by atoms with E-state index in [-0.39, 0.29) is 11.8 Å². The Kier molecular flexibility index (Phi) is 5.36. The van der Waals surface area contributed by atoms with E-state index in [4.69, 9.17) is 4.98 Å². The fourth-order valence-corrected chi connectivity index (χ4v) is 4.76. The number of aryl methyl sites for hydroxylation is 1. The van der Waals surface area contributed by atoms with Crippen LogP contribution < -0.4 is 0 Å². The Morgan fingerprint density at radius 1 is 1.29 bits per heavy atom. The number of nitrogens with zero attached hydrogens (tertiary/aromatic N) is 3. The molecule has 5 rings (SSSR count). The second kappa shape index (κ2) is 8.25. The average Bonchev–Trinajstić information content (AvgIpc) is 3.42. The topological polar surface area (TPSA) is 118 Å². The van der Waals surface area contributed by atoms with E-state index in [1.807, 2.05) is 43.9 Å². The highest BCUT2D eigenvalue weighted by Crippen LogP contribution is 2.34. The zero-order chi connectivity index (χ0) is 24.1. The van der Waals surface area contributed by atoms with Crippen LogP contribution in [0.4, 0.5) is 4.39 Å². The van der Waals surface area contributed by atoms with Crippen LogP contribution >= 0.6 is 0 Å². The number of nitrogens with one attached hydrogen (secondary N) is 2. The largest absolute Gasteiger partial charge is 0.505 e. The van der Waals surface area contributed by atoms with E-state index in [2.05, 4.69) is 15.2 Å². The van der Waals surface area contributed by atoms with Gasteiger partial charge < -0.3 is 15.2 Å². The molecule has 0 amide bonds. The molecule has 4 aromatic rings. The summed E-state index contributed by atoms with van der Waals surface area (Å²) in [5.74, 6) is -1.27. The lowest BCUT2D eigenvalue weighted by molar-refractivity contribution is -0.144. The van der Waals surface area contributed by atoms with Crippen LogP contribution in [0, 0.1) is 5.82 Å². The number of aliphatic carboxylic acids is 1. The first kappa shape index (κ1) is 22.1. The highest BCUT2D eigenvalue weighted by atomic mass is 19.1. The van der Waals surface area contributed by atoms with Gasteiger partial charge in [-0.05, 0) is 61.2 Å². The number of halogens is 1. The maximum Gasteiger partial charge on any atom is 0.321 e. The standard InChI is InChI=1S/C25H26FN5O3/c1-4-13-8-22(32)17(26)9-16(13)14-5-6-15-18(7-14)29-30-23(15)24-27-19-10-21(25(33)34)31(12(2)3)11-20(19)28-24/h5-9,12,21,32H,4,10-11H2,1-3H3,(H,27,28)(H,29,30)(H,33,34). The van der Waals surface area contributed by atoms with Crippen molar-refractivity contribution in [2.45, 2.75) is 52.2 Å². The average molecular weight is 464 g/mol. The van der Waals surface area contributed by atoms with Gasteiger partial charge in [0.25, 0.3) is 0 Å². The van der Waals surface area contributed by atoms with E-state index in [0.29, 0.717) is 30.9 Å². The number of carboxylic acid groups (broad SMARTS) is 1. The molecule has 0 radical (unpaired) electrons.